The third-order valence-corrected chi connectivity index (χ3v) is 4.10. The van der Waals surface area contributed by atoms with Crippen molar-refractivity contribution in [3.8, 4) is 0 Å². The normalized spacial score (nSPS) is 20.2. The van der Waals surface area contributed by atoms with Crippen molar-refractivity contribution in [1.29, 1.82) is 0 Å². The van der Waals surface area contributed by atoms with Gasteiger partial charge in [-0.1, -0.05) is 12.1 Å². The first kappa shape index (κ1) is 17.7. The molecule has 0 bridgehead atoms. The molecule has 4 nitrogen and oxygen atoms in total. The monoisotopic (exact) mass is 322 g/mol. The Bertz CT molecular complexity index is 542. The van der Waals surface area contributed by atoms with Crippen LogP contribution in [0.2, 0.25) is 0 Å². The van der Waals surface area contributed by atoms with Gasteiger partial charge in [-0.15, -0.1) is 0 Å². The van der Waals surface area contributed by atoms with E-state index in [0.29, 0.717) is 13.1 Å². The number of nitrogens with one attached hydrogen (secondary N) is 1. The predicted molar refractivity (Wildman–Crippen MR) is 88.7 cm³/mol. The quantitative estimate of drug-likeness (QED) is 0.922. The molecule has 1 aliphatic heterocycles. The molecule has 1 saturated heterocycles. The molecule has 23 heavy (non-hydrogen) atoms. The third kappa shape index (κ3) is 4.93. The van der Waals surface area contributed by atoms with Crippen LogP contribution in [0.1, 0.15) is 45.2 Å². The Morgan fingerprint density at radius 2 is 2.17 bits per heavy atom. The standard InChI is InChI=1S/C18H27FN2O2/c1-18(2,3)23-17(22)21-10-6-8-14(12-21)16(20-4)13-7-5-9-15(19)11-13/h5,7,9,11,14,16,20H,6,8,10,12H2,1-4H3. The van der Waals surface area contributed by atoms with Gasteiger partial charge in [0.15, 0.2) is 0 Å². The second-order valence-corrected chi connectivity index (χ2v) is 7.15. The molecule has 0 radical (unpaired) electrons. The molecular weight excluding hydrogens is 295 g/mol. The van der Waals surface area contributed by atoms with Crippen molar-refractivity contribution in [2.45, 2.75) is 45.3 Å². The van der Waals surface area contributed by atoms with Crippen molar-refractivity contribution in [2.24, 2.45) is 5.92 Å². The van der Waals surface area contributed by atoms with Crippen LogP contribution in [0.4, 0.5) is 9.18 Å². The van der Waals surface area contributed by atoms with Gasteiger partial charge >= 0.3 is 6.09 Å². The maximum atomic E-state index is 13.5. The zero-order chi connectivity index (χ0) is 17.0. The molecule has 1 fully saturated rings. The van der Waals surface area contributed by atoms with Gasteiger partial charge in [0.1, 0.15) is 11.4 Å². The molecule has 1 aromatic carbocycles. The van der Waals surface area contributed by atoms with Gasteiger partial charge in [0.05, 0.1) is 0 Å². The molecule has 0 aliphatic carbocycles. The van der Waals surface area contributed by atoms with E-state index in [0.717, 1.165) is 18.4 Å². The first-order valence-electron chi connectivity index (χ1n) is 8.21. The van der Waals surface area contributed by atoms with E-state index in [2.05, 4.69) is 5.32 Å². The number of halogens is 1. The van der Waals surface area contributed by atoms with Gasteiger partial charge in [0.25, 0.3) is 0 Å². The molecule has 1 heterocycles. The van der Waals surface area contributed by atoms with Crippen LogP contribution >= 0.6 is 0 Å². The summed E-state index contributed by atoms with van der Waals surface area (Å²) in [5, 5.41) is 3.28. The van der Waals surface area contributed by atoms with E-state index in [1.54, 1.807) is 17.0 Å². The highest BCUT2D eigenvalue weighted by Gasteiger charge is 2.31. The number of hydrogen-bond donors (Lipinski definition) is 1. The van der Waals surface area contributed by atoms with Crippen molar-refractivity contribution >= 4 is 6.09 Å². The van der Waals surface area contributed by atoms with Gasteiger partial charge in [-0.05, 0) is 64.3 Å². The van der Waals surface area contributed by atoms with Gasteiger partial charge in [-0.2, -0.15) is 0 Å². The summed E-state index contributed by atoms with van der Waals surface area (Å²) in [5.41, 5.74) is 0.429. The number of amides is 1. The summed E-state index contributed by atoms with van der Waals surface area (Å²) < 4.78 is 19.0. The minimum atomic E-state index is -0.491. The lowest BCUT2D eigenvalue weighted by Gasteiger charge is -2.37. The average Bonchev–Trinajstić information content (AvgIpc) is 2.47. The minimum absolute atomic E-state index is 0.0240. The topological polar surface area (TPSA) is 41.6 Å². The van der Waals surface area contributed by atoms with Gasteiger partial charge in [0, 0.05) is 19.1 Å². The summed E-state index contributed by atoms with van der Waals surface area (Å²) in [4.78, 5) is 14.1. The van der Waals surface area contributed by atoms with Crippen molar-refractivity contribution in [3.63, 3.8) is 0 Å². The van der Waals surface area contributed by atoms with E-state index >= 15 is 0 Å². The fourth-order valence-corrected chi connectivity index (χ4v) is 3.15. The van der Waals surface area contributed by atoms with Crippen molar-refractivity contribution in [1.82, 2.24) is 10.2 Å². The van der Waals surface area contributed by atoms with Crippen molar-refractivity contribution < 1.29 is 13.9 Å². The summed E-state index contributed by atoms with van der Waals surface area (Å²) in [5.74, 6) is 0.00521. The highest BCUT2D eigenvalue weighted by Crippen LogP contribution is 2.30. The number of benzene rings is 1. The predicted octanol–water partition coefficient (Wildman–Crippen LogP) is 3.73. The second kappa shape index (κ2) is 7.30. The van der Waals surface area contributed by atoms with Crippen LogP contribution in [0.3, 0.4) is 0 Å². The maximum absolute atomic E-state index is 13.5. The summed E-state index contributed by atoms with van der Waals surface area (Å²) in [7, 11) is 1.88. The van der Waals surface area contributed by atoms with Crippen LogP contribution in [-0.2, 0) is 4.74 Å². The molecule has 1 amide bonds. The Kier molecular flexibility index (Phi) is 5.63. The number of hydrogen-bond acceptors (Lipinski definition) is 3. The molecule has 1 aliphatic rings. The Morgan fingerprint density at radius 1 is 1.43 bits per heavy atom. The molecule has 0 saturated carbocycles. The first-order valence-corrected chi connectivity index (χ1v) is 8.21. The third-order valence-electron chi connectivity index (χ3n) is 4.10. The van der Waals surface area contributed by atoms with Gasteiger partial charge < -0.3 is 15.0 Å². The molecule has 2 unspecified atom stereocenters. The van der Waals surface area contributed by atoms with Crippen molar-refractivity contribution in [2.75, 3.05) is 20.1 Å². The van der Waals surface area contributed by atoms with Crippen LogP contribution in [0.15, 0.2) is 24.3 Å². The largest absolute Gasteiger partial charge is 0.444 e. The van der Waals surface area contributed by atoms with E-state index in [-0.39, 0.29) is 23.9 Å². The van der Waals surface area contributed by atoms with E-state index in [1.807, 2.05) is 33.9 Å². The number of carbonyl (C=O) groups excluding carboxylic acids is 1. The number of nitrogens with zero attached hydrogens (tertiary/aromatic N) is 1. The van der Waals surface area contributed by atoms with E-state index < -0.39 is 5.60 Å². The Balaban J connectivity index is 2.08. The van der Waals surface area contributed by atoms with Crippen LogP contribution < -0.4 is 5.32 Å². The summed E-state index contributed by atoms with van der Waals surface area (Å²) in [6, 6.07) is 6.69. The van der Waals surface area contributed by atoms with Gasteiger partial charge in [-0.25, -0.2) is 9.18 Å². The molecule has 0 aromatic heterocycles. The lowest BCUT2D eigenvalue weighted by atomic mass is 9.86. The number of rotatable bonds is 3. The number of ether oxygens (including phenoxy) is 1. The number of carbonyl (C=O) groups is 1. The SMILES string of the molecule is CNC(c1cccc(F)c1)C1CCCN(C(=O)OC(C)(C)C)C1. The summed E-state index contributed by atoms with van der Waals surface area (Å²) in [6.07, 6.45) is 1.66. The van der Waals surface area contributed by atoms with Crippen molar-refractivity contribution in [3.05, 3.63) is 35.6 Å². The molecule has 2 rings (SSSR count). The molecule has 5 heteroatoms. The van der Waals surface area contributed by atoms with Crippen LogP contribution in [0.5, 0.6) is 0 Å². The molecule has 1 N–H and O–H groups in total. The lowest BCUT2D eigenvalue weighted by Crippen LogP contribution is -2.45. The number of piperidine rings is 1. The molecule has 1 aromatic rings. The van der Waals surface area contributed by atoms with Gasteiger partial charge in [0.2, 0.25) is 0 Å². The lowest BCUT2D eigenvalue weighted by molar-refractivity contribution is 0.0145. The Morgan fingerprint density at radius 3 is 2.78 bits per heavy atom. The number of likely N-dealkylation sites (tertiary alicyclic amines) is 1. The fraction of sp³-hybridized carbons (Fsp3) is 0.611. The Labute approximate surface area is 138 Å². The van der Waals surface area contributed by atoms with E-state index in [1.165, 1.54) is 6.07 Å². The van der Waals surface area contributed by atoms with Gasteiger partial charge in [-0.3, -0.25) is 0 Å². The zero-order valence-electron chi connectivity index (χ0n) is 14.4. The highest BCUT2D eigenvalue weighted by atomic mass is 19.1. The summed E-state index contributed by atoms with van der Waals surface area (Å²) in [6.45, 7) is 6.95. The van der Waals surface area contributed by atoms with E-state index in [9.17, 15) is 9.18 Å². The fourth-order valence-electron chi connectivity index (χ4n) is 3.15. The molecular formula is C18H27FN2O2. The molecule has 128 valence electrons. The zero-order valence-corrected chi connectivity index (χ0v) is 14.4. The second-order valence-electron chi connectivity index (χ2n) is 7.15. The average molecular weight is 322 g/mol. The highest BCUT2D eigenvalue weighted by molar-refractivity contribution is 5.68. The molecule has 0 spiro atoms. The smallest absolute Gasteiger partial charge is 0.410 e. The Hall–Kier alpha value is -1.62. The van der Waals surface area contributed by atoms with Crippen LogP contribution in [0.25, 0.3) is 0 Å². The van der Waals surface area contributed by atoms with E-state index in [4.69, 9.17) is 4.74 Å². The molecule has 2 atom stereocenters. The van der Waals surface area contributed by atoms with Crippen LogP contribution in [-0.4, -0.2) is 36.7 Å². The summed E-state index contributed by atoms with van der Waals surface area (Å²) >= 11 is 0. The first-order chi connectivity index (χ1) is 10.8. The maximum Gasteiger partial charge on any atom is 0.410 e. The van der Waals surface area contributed by atoms with Crippen LogP contribution in [0, 0.1) is 11.7 Å². The minimum Gasteiger partial charge on any atom is -0.444 e.